The smallest absolute Gasteiger partial charge is 0.309 e. The predicted molar refractivity (Wildman–Crippen MR) is 68.4 cm³/mol. The van der Waals surface area contributed by atoms with E-state index in [2.05, 4.69) is 39.8 Å². The third-order valence-electron chi connectivity index (χ3n) is 4.15. The van der Waals surface area contributed by atoms with E-state index < -0.39 is 0 Å². The Morgan fingerprint density at radius 3 is 2.18 bits per heavy atom. The van der Waals surface area contributed by atoms with Gasteiger partial charge in [0.2, 0.25) is 0 Å². The Bertz CT molecular complexity index is 309. The summed E-state index contributed by atoms with van der Waals surface area (Å²) in [7, 11) is 0. The summed E-state index contributed by atoms with van der Waals surface area (Å²) < 4.78 is 5.74. The Morgan fingerprint density at radius 2 is 1.76 bits per heavy atom. The first-order valence-electron chi connectivity index (χ1n) is 6.88. The summed E-state index contributed by atoms with van der Waals surface area (Å²) in [6.07, 6.45) is 6.69. The molecule has 2 bridgehead atoms. The lowest BCUT2D eigenvalue weighted by Crippen LogP contribution is -2.33. The van der Waals surface area contributed by atoms with Gasteiger partial charge >= 0.3 is 5.97 Å². The molecule has 2 aliphatic carbocycles. The quantitative estimate of drug-likeness (QED) is 0.552. The Kier molecular flexibility index (Phi) is 3.60. The Balaban J connectivity index is 1.94. The molecule has 0 amide bonds. The third kappa shape index (κ3) is 2.56. The molecule has 96 valence electrons. The topological polar surface area (TPSA) is 26.3 Å². The van der Waals surface area contributed by atoms with Crippen LogP contribution in [0.15, 0.2) is 12.2 Å². The molecular formula is C15H24O2. The molecule has 3 atom stereocenters. The number of esters is 1. The molecule has 1 saturated carbocycles. The fraction of sp³-hybridized carbons (Fsp3) is 0.800. The maximum atomic E-state index is 12.2. The van der Waals surface area contributed by atoms with E-state index >= 15 is 0 Å². The van der Waals surface area contributed by atoms with E-state index in [0.29, 0.717) is 23.7 Å². The first-order chi connectivity index (χ1) is 7.99. The number of hydrogen-bond acceptors (Lipinski definition) is 2. The van der Waals surface area contributed by atoms with Crippen LogP contribution in [0.25, 0.3) is 0 Å². The average molecular weight is 236 g/mol. The van der Waals surface area contributed by atoms with Gasteiger partial charge in [-0.3, -0.25) is 4.79 Å². The van der Waals surface area contributed by atoms with Crippen molar-refractivity contribution >= 4 is 5.97 Å². The fourth-order valence-electron chi connectivity index (χ4n) is 3.32. The summed E-state index contributed by atoms with van der Waals surface area (Å²) in [5.41, 5.74) is 0. The van der Waals surface area contributed by atoms with Gasteiger partial charge in [-0.15, -0.1) is 0 Å². The summed E-state index contributed by atoms with van der Waals surface area (Å²) in [6.45, 7) is 8.49. The van der Waals surface area contributed by atoms with Crippen molar-refractivity contribution in [2.75, 3.05) is 0 Å². The molecular weight excluding hydrogens is 212 g/mol. The highest BCUT2D eigenvalue weighted by atomic mass is 16.5. The molecule has 2 heteroatoms. The fourth-order valence-corrected chi connectivity index (χ4v) is 3.32. The van der Waals surface area contributed by atoms with E-state index in [0.717, 1.165) is 12.8 Å². The minimum atomic E-state index is 0.0363. The summed E-state index contributed by atoms with van der Waals surface area (Å²) >= 11 is 0. The normalized spacial score (nSPS) is 30.9. The Hall–Kier alpha value is -0.790. The molecule has 17 heavy (non-hydrogen) atoms. The van der Waals surface area contributed by atoms with Crippen molar-refractivity contribution in [1.82, 2.24) is 0 Å². The molecule has 0 saturated heterocycles. The van der Waals surface area contributed by atoms with Gasteiger partial charge in [-0.25, -0.2) is 0 Å². The summed E-state index contributed by atoms with van der Waals surface area (Å²) in [5.74, 6) is 2.04. The van der Waals surface area contributed by atoms with Crippen LogP contribution in [-0.2, 0) is 9.53 Å². The van der Waals surface area contributed by atoms with E-state index in [-0.39, 0.29) is 18.0 Å². The summed E-state index contributed by atoms with van der Waals surface area (Å²) in [5, 5.41) is 0. The first-order valence-corrected chi connectivity index (χ1v) is 6.88. The van der Waals surface area contributed by atoms with Crippen LogP contribution in [0.1, 0.15) is 40.5 Å². The standard InChI is InChI=1S/C15H24O2/c1-9(2)14(10(3)4)17-15(16)13-8-11-5-6-12(13)7-11/h5-6,9-14H,7-8H2,1-4H3. The van der Waals surface area contributed by atoms with Crippen molar-refractivity contribution < 1.29 is 9.53 Å². The van der Waals surface area contributed by atoms with Crippen molar-refractivity contribution in [3.63, 3.8) is 0 Å². The number of rotatable bonds is 4. The van der Waals surface area contributed by atoms with Gasteiger partial charge in [0.05, 0.1) is 5.92 Å². The van der Waals surface area contributed by atoms with E-state index in [9.17, 15) is 4.79 Å². The predicted octanol–water partition coefficient (Wildman–Crippen LogP) is 3.42. The van der Waals surface area contributed by atoms with Crippen LogP contribution in [0.3, 0.4) is 0 Å². The Morgan fingerprint density at radius 1 is 1.12 bits per heavy atom. The molecule has 0 radical (unpaired) electrons. The molecule has 0 heterocycles. The maximum Gasteiger partial charge on any atom is 0.309 e. The number of carbonyl (C=O) groups is 1. The van der Waals surface area contributed by atoms with E-state index in [4.69, 9.17) is 4.74 Å². The zero-order chi connectivity index (χ0) is 12.6. The number of hydrogen-bond donors (Lipinski definition) is 0. The van der Waals surface area contributed by atoms with Crippen LogP contribution in [-0.4, -0.2) is 12.1 Å². The number of carbonyl (C=O) groups excluding carboxylic acids is 1. The molecule has 0 aliphatic heterocycles. The second kappa shape index (κ2) is 4.83. The second-order valence-corrected chi connectivity index (χ2v) is 6.28. The lowest BCUT2D eigenvalue weighted by molar-refractivity contribution is -0.160. The average Bonchev–Trinajstić information content (AvgIpc) is 2.85. The molecule has 3 unspecified atom stereocenters. The summed E-state index contributed by atoms with van der Waals surface area (Å²) in [4.78, 5) is 12.2. The monoisotopic (exact) mass is 236 g/mol. The van der Waals surface area contributed by atoms with Gasteiger partial charge in [-0.05, 0) is 36.5 Å². The van der Waals surface area contributed by atoms with Crippen molar-refractivity contribution in [3.05, 3.63) is 12.2 Å². The zero-order valence-electron chi connectivity index (χ0n) is 11.3. The van der Waals surface area contributed by atoms with Gasteiger partial charge in [0.25, 0.3) is 0 Å². The highest BCUT2D eigenvalue weighted by Gasteiger charge is 2.41. The molecule has 0 aromatic heterocycles. The zero-order valence-corrected chi connectivity index (χ0v) is 11.3. The molecule has 1 fully saturated rings. The van der Waals surface area contributed by atoms with Crippen molar-refractivity contribution in [3.8, 4) is 0 Å². The molecule has 0 aromatic rings. The largest absolute Gasteiger partial charge is 0.462 e. The molecule has 0 aromatic carbocycles. The maximum absolute atomic E-state index is 12.2. The van der Waals surface area contributed by atoms with Crippen molar-refractivity contribution in [1.29, 1.82) is 0 Å². The van der Waals surface area contributed by atoms with Gasteiger partial charge < -0.3 is 4.74 Å². The van der Waals surface area contributed by atoms with Gasteiger partial charge in [-0.1, -0.05) is 39.8 Å². The van der Waals surface area contributed by atoms with E-state index in [1.807, 2.05) is 0 Å². The minimum absolute atomic E-state index is 0.0363. The SMILES string of the molecule is CC(C)C(OC(=O)C1CC2C=CC1C2)C(C)C. The molecule has 0 spiro atoms. The highest BCUT2D eigenvalue weighted by Crippen LogP contribution is 2.44. The highest BCUT2D eigenvalue weighted by molar-refractivity contribution is 5.74. The van der Waals surface area contributed by atoms with Gasteiger partial charge in [0.1, 0.15) is 6.10 Å². The lowest BCUT2D eigenvalue weighted by atomic mass is 9.92. The second-order valence-electron chi connectivity index (χ2n) is 6.28. The minimum Gasteiger partial charge on any atom is -0.462 e. The Labute approximate surface area is 104 Å². The molecule has 0 N–H and O–H groups in total. The summed E-state index contributed by atoms with van der Waals surface area (Å²) in [6, 6.07) is 0. The van der Waals surface area contributed by atoms with Crippen molar-refractivity contribution in [2.45, 2.75) is 46.6 Å². The molecule has 2 nitrogen and oxygen atoms in total. The molecule has 2 rings (SSSR count). The van der Waals surface area contributed by atoms with Crippen LogP contribution in [0.4, 0.5) is 0 Å². The van der Waals surface area contributed by atoms with Crippen LogP contribution in [0.2, 0.25) is 0 Å². The van der Waals surface area contributed by atoms with Crippen LogP contribution in [0, 0.1) is 29.6 Å². The number of allylic oxidation sites excluding steroid dienone is 2. The van der Waals surface area contributed by atoms with Crippen LogP contribution >= 0.6 is 0 Å². The van der Waals surface area contributed by atoms with Crippen LogP contribution < -0.4 is 0 Å². The van der Waals surface area contributed by atoms with Gasteiger partial charge in [0, 0.05) is 0 Å². The number of fused-ring (bicyclic) bond motifs is 2. The van der Waals surface area contributed by atoms with Gasteiger partial charge in [-0.2, -0.15) is 0 Å². The lowest BCUT2D eigenvalue weighted by Gasteiger charge is -2.27. The third-order valence-corrected chi connectivity index (χ3v) is 4.15. The number of ether oxygens (including phenoxy) is 1. The van der Waals surface area contributed by atoms with E-state index in [1.54, 1.807) is 0 Å². The molecule has 2 aliphatic rings. The van der Waals surface area contributed by atoms with E-state index in [1.165, 1.54) is 0 Å². The van der Waals surface area contributed by atoms with Crippen LogP contribution in [0.5, 0.6) is 0 Å². The van der Waals surface area contributed by atoms with Crippen molar-refractivity contribution in [2.24, 2.45) is 29.6 Å². The first kappa shape index (κ1) is 12.7. The van der Waals surface area contributed by atoms with Gasteiger partial charge in [0.15, 0.2) is 0 Å².